The molecule has 7 heteroatoms. The van der Waals surface area contributed by atoms with Gasteiger partial charge in [0.15, 0.2) is 10.8 Å². The molecule has 0 radical (unpaired) electrons. The van der Waals surface area contributed by atoms with E-state index in [1.54, 1.807) is 11.3 Å². The van der Waals surface area contributed by atoms with Crippen LogP contribution in [0.15, 0.2) is 12.3 Å². The van der Waals surface area contributed by atoms with Crippen LogP contribution in [0.5, 0.6) is 0 Å². The molecule has 26 heavy (non-hydrogen) atoms. The number of amides is 1. The molecule has 0 aromatic carbocycles. The predicted octanol–water partition coefficient (Wildman–Crippen LogP) is 3.69. The van der Waals surface area contributed by atoms with Crippen molar-refractivity contribution in [2.75, 3.05) is 18.4 Å². The minimum absolute atomic E-state index is 0.125. The summed E-state index contributed by atoms with van der Waals surface area (Å²) in [5, 5.41) is 11.6. The second kappa shape index (κ2) is 6.78. The Hall–Kier alpha value is -1.73. The molecule has 0 spiro atoms. The van der Waals surface area contributed by atoms with Crippen molar-refractivity contribution in [1.82, 2.24) is 20.1 Å². The molecule has 1 amide bonds. The molecule has 2 aromatic heterocycles. The number of nitrogens with zero attached hydrogens (tertiary/aromatic N) is 3. The fourth-order valence-corrected chi connectivity index (χ4v) is 4.49. The summed E-state index contributed by atoms with van der Waals surface area (Å²) >= 11 is 1.59. The topological polar surface area (TPSA) is 71.8 Å². The molecule has 2 N–H and O–H groups in total. The van der Waals surface area contributed by atoms with Crippen LogP contribution in [-0.2, 0) is 5.54 Å². The number of hydrogen-bond donors (Lipinski definition) is 2. The van der Waals surface area contributed by atoms with Gasteiger partial charge in [0.25, 0.3) is 5.91 Å². The van der Waals surface area contributed by atoms with E-state index in [0.29, 0.717) is 22.7 Å². The first kappa shape index (κ1) is 17.7. The third kappa shape index (κ3) is 3.69. The molecule has 1 aliphatic heterocycles. The first-order valence-corrected chi connectivity index (χ1v) is 10.3. The zero-order valence-corrected chi connectivity index (χ0v) is 16.5. The van der Waals surface area contributed by atoms with Gasteiger partial charge in [-0.1, -0.05) is 0 Å². The zero-order chi connectivity index (χ0) is 18.3. The molecular weight excluding hydrogens is 346 g/mol. The quantitative estimate of drug-likeness (QED) is 0.857. The normalized spacial score (nSPS) is 18.9. The number of thiazole rings is 1. The maximum atomic E-state index is 12.7. The van der Waals surface area contributed by atoms with Gasteiger partial charge < -0.3 is 5.32 Å². The summed E-state index contributed by atoms with van der Waals surface area (Å²) in [4.78, 5) is 18.4. The van der Waals surface area contributed by atoms with E-state index in [1.165, 1.54) is 23.4 Å². The van der Waals surface area contributed by atoms with Gasteiger partial charge in [-0.2, -0.15) is 5.10 Å². The lowest BCUT2D eigenvalue weighted by molar-refractivity contribution is 0.102. The van der Waals surface area contributed by atoms with Crippen molar-refractivity contribution >= 4 is 22.4 Å². The average Bonchev–Trinajstić information content (AvgIpc) is 3.17. The van der Waals surface area contributed by atoms with Gasteiger partial charge in [-0.15, -0.1) is 11.3 Å². The van der Waals surface area contributed by atoms with Crippen LogP contribution in [-0.4, -0.2) is 33.8 Å². The van der Waals surface area contributed by atoms with Crippen molar-refractivity contribution in [3.63, 3.8) is 0 Å². The van der Waals surface area contributed by atoms with Crippen LogP contribution in [0, 0.1) is 0 Å². The van der Waals surface area contributed by atoms with Gasteiger partial charge in [-0.3, -0.25) is 14.8 Å². The fraction of sp³-hybridized carbons (Fsp3) is 0.632. The third-order valence-corrected chi connectivity index (χ3v) is 6.16. The summed E-state index contributed by atoms with van der Waals surface area (Å²) in [5.41, 5.74) is 1.54. The van der Waals surface area contributed by atoms with Crippen molar-refractivity contribution in [3.05, 3.63) is 28.5 Å². The molecule has 2 aromatic rings. The van der Waals surface area contributed by atoms with Crippen LogP contribution in [0.25, 0.3) is 0 Å². The Morgan fingerprint density at radius 3 is 2.62 bits per heavy atom. The zero-order valence-electron chi connectivity index (χ0n) is 15.7. The highest BCUT2D eigenvalue weighted by molar-refractivity contribution is 7.15. The number of carbonyl (C=O) groups excluding carboxylic acids is 1. The van der Waals surface area contributed by atoms with Crippen LogP contribution in [0.3, 0.4) is 0 Å². The predicted molar refractivity (Wildman–Crippen MR) is 104 cm³/mol. The lowest BCUT2D eigenvalue weighted by Gasteiger charge is -2.22. The summed E-state index contributed by atoms with van der Waals surface area (Å²) in [7, 11) is 0. The Morgan fingerprint density at radius 1 is 1.23 bits per heavy atom. The van der Waals surface area contributed by atoms with Crippen molar-refractivity contribution < 1.29 is 4.79 Å². The second-order valence-corrected chi connectivity index (χ2v) is 9.42. The lowest BCUT2D eigenvalue weighted by atomic mass is 9.97. The Morgan fingerprint density at radius 2 is 1.96 bits per heavy atom. The first-order chi connectivity index (χ1) is 12.4. The van der Waals surface area contributed by atoms with Crippen molar-refractivity contribution in [3.8, 4) is 0 Å². The molecule has 1 saturated heterocycles. The number of anilines is 1. The molecule has 2 aliphatic rings. The van der Waals surface area contributed by atoms with Gasteiger partial charge in [0, 0.05) is 22.7 Å². The highest BCUT2D eigenvalue weighted by atomic mass is 32.1. The van der Waals surface area contributed by atoms with E-state index < -0.39 is 0 Å². The average molecular weight is 374 g/mol. The van der Waals surface area contributed by atoms with Crippen LogP contribution in [0.1, 0.15) is 79.3 Å². The van der Waals surface area contributed by atoms with Crippen molar-refractivity contribution in [2.45, 2.75) is 63.8 Å². The van der Waals surface area contributed by atoms with Crippen LogP contribution >= 0.6 is 11.3 Å². The van der Waals surface area contributed by atoms with E-state index in [1.807, 2.05) is 16.9 Å². The van der Waals surface area contributed by atoms with Crippen LogP contribution in [0.2, 0.25) is 0 Å². The van der Waals surface area contributed by atoms with Crippen molar-refractivity contribution in [2.24, 2.45) is 0 Å². The SMILES string of the molecule is CC(C)(C)n1nc(C(=O)Nc2ncc(C3CCNCC3)s2)cc1C1CC1. The fourth-order valence-electron chi connectivity index (χ4n) is 3.51. The number of rotatable bonds is 4. The molecule has 0 bridgehead atoms. The van der Waals surface area contributed by atoms with E-state index >= 15 is 0 Å². The number of hydrogen-bond acceptors (Lipinski definition) is 5. The van der Waals surface area contributed by atoms with Crippen LogP contribution < -0.4 is 10.6 Å². The van der Waals surface area contributed by atoms with Crippen LogP contribution in [0.4, 0.5) is 5.13 Å². The van der Waals surface area contributed by atoms with E-state index in [2.05, 4.69) is 41.5 Å². The number of aromatic nitrogens is 3. The Kier molecular flexibility index (Phi) is 4.61. The minimum Gasteiger partial charge on any atom is -0.317 e. The molecule has 1 aliphatic carbocycles. The van der Waals surface area contributed by atoms with Gasteiger partial charge in [0.1, 0.15) is 0 Å². The molecule has 140 valence electrons. The van der Waals surface area contributed by atoms with Gasteiger partial charge in [-0.25, -0.2) is 4.98 Å². The standard InChI is InChI=1S/C19H27N5OS/c1-19(2,3)24-15(12-4-5-12)10-14(23-24)17(25)22-18-21-11-16(26-18)13-6-8-20-9-7-13/h10-13,20H,4-9H2,1-3H3,(H,21,22,25). The summed E-state index contributed by atoms with van der Waals surface area (Å²) < 4.78 is 2.02. The highest BCUT2D eigenvalue weighted by Crippen LogP contribution is 2.41. The van der Waals surface area contributed by atoms with Gasteiger partial charge in [0.2, 0.25) is 0 Å². The van der Waals surface area contributed by atoms with Gasteiger partial charge >= 0.3 is 0 Å². The summed E-state index contributed by atoms with van der Waals surface area (Å²) in [6.07, 6.45) is 6.57. The largest absolute Gasteiger partial charge is 0.317 e. The molecule has 6 nitrogen and oxygen atoms in total. The van der Waals surface area contributed by atoms with E-state index in [4.69, 9.17) is 0 Å². The van der Waals surface area contributed by atoms with E-state index in [9.17, 15) is 4.79 Å². The van der Waals surface area contributed by atoms with Crippen molar-refractivity contribution in [1.29, 1.82) is 0 Å². The molecule has 2 fully saturated rings. The molecule has 4 rings (SSSR count). The van der Waals surface area contributed by atoms with Gasteiger partial charge in [0.05, 0.1) is 5.54 Å². The number of nitrogens with one attached hydrogen (secondary N) is 2. The maximum absolute atomic E-state index is 12.7. The molecule has 0 atom stereocenters. The summed E-state index contributed by atoms with van der Waals surface area (Å²) in [5.74, 6) is 0.941. The minimum atomic E-state index is -0.166. The number of carbonyl (C=O) groups is 1. The first-order valence-electron chi connectivity index (χ1n) is 9.50. The second-order valence-electron chi connectivity index (χ2n) is 8.36. The van der Waals surface area contributed by atoms with E-state index in [0.717, 1.165) is 25.9 Å². The van der Waals surface area contributed by atoms with E-state index in [-0.39, 0.29) is 11.4 Å². The number of piperidine rings is 1. The maximum Gasteiger partial charge on any atom is 0.277 e. The smallest absolute Gasteiger partial charge is 0.277 e. The Labute approximate surface area is 158 Å². The highest BCUT2D eigenvalue weighted by Gasteiger charge is 2.32. The summed E-state index contributed by atoms with van der Waals surface area (Å²) in [6, 6.07) is 1.96. The summed E-state index contributed by atoms with van der Waals surface area (Å²) in [6.45, 7) is 8.48. The Balaban J connectivity index is 1.49. The monoisotopic (exact) mass is 373 g/mol. The molecule has 1 saturated carbocycles. The Bertz CT molecular complexity index is 793. The molecular formula is C19H27N5OS. The van der Waals surface area contributed by atoms with Gasteiger partial charge in [-0.05, 0) is 71.5 Å². The molecule has 0 unspecified atom stereocenters. The third-order valence-electron chi connectivity index (χ3n) is 5.09. The lowest BCUT2D eigenvalue weighted by Crippen LogP contribution is -2.26. The molecule has 3 heterocycles.